The van der Waals surface area contributed by atoms with Crippen molar-refractivity contribution in [3.63, 3.8) is 0 Å². The van der Waals surface area contributed by atoms with Gasteiger partial charge in [0.15, 0.2) is 0 Å². The average Bonchev–Trinajstić information content (AvgIpc) is 2.65. The minimum atomic E-state index is -0.230. The molecule has 14 heavy (non-hydrogen) atoms. The molecule has 1 atom stereocenters. The third-order valence-corrected chi connectivity index (χ3v) is 4.68. The summed E-state index contributed by atoms with van der Waals surface area (Å²) < 4.78 is 1.11. The highest BCUT2D eigenvalue weighted by Crippen LogP contribution is 2.37. The van der Waals surface area contributed by atoms with Crippen LogP contribution in [0.15, 0.2) is 15.9 Å². The molecule has 0 bridgehead atoms. The van der Waals surface area contributed by atoms with Gasteiger partial charge < -0.3 is 5.11 Å². The molecule has 1 saturated carbocycles. The molecule has 0 amide bonds. The Morgan fingerprint density at radius 1 is 1.29 bits per heavy atom. The van der Waals surface area contributed by atoms with Crippen LogP contribution in [0.25, 0.3) is 0 Å². The first-order valence-electron chi connectivity index (χ1n) is 5.20. The molecule has 1 aliphatic carbocycles. The van der Waals surface area contributed by atoms with Crippen molar-refractivity contribution in [1.82, 2.24) is 0 Å². The molecule has 0 aliphatic heterocycles. The average molecular weight is 275 g/mol. The Morgan fingerprint density at radius 2 is 2.00 bits per heavy atom. The van der Waals surface area contributed by atoms with Crippen molar-refractivity contribution in [2.45, 2.75) is 38.2 Å². The molecule has 1 fully saturated rings. The van der Waals surface area contributed by atoms with Crippen molar-refractivity contribution < 1.29 is 5.11 Å². The van der Waals surface area contributed by atoms with Crippen LogP contribution in [0.1, 0.15) is 43.1 Å². The van der Waals surface area contributed by atoms with Gasteiger partial charge in [-0.05, 0) is 46.8 Å². The fourth-order valence-corrected chi connectivity index (χ4v) is 3.67. The summed E-state index contributed by atoms with van der Waals surface area (Å²) >= 11 is 5.09. The SMILES string of the molecule is OC(c1ccc(Br)s1)C1CCCCC1. The summed E-state index contributed by atoms with van der Waals surface area (Å²) in [7, 11) is 0. The van der Waals surface area contributed by atoms with Crippen LogP contribution < -0.4 is 0 Å². The second kappa shape index (κ2) is 4.77. The van der Waals surface area contributed by atoms with Gasteiger partial charge in [-0.1, -0.05) is 19.3 Å². The maximum atomic E-state index is 10.1. The van der Waals surface area contributed by atoms with Crippen LogP contribution in [0, 0.1) is 5.92 Å². The van der Waals surface area contributed by atoms with Gasteiger partial charge in [0.25, 0.3) is 0 Å². The summed E-state index contributed by atoms with van der Waals surface area (Å²) in [6.45, 7) is 0. The summed E-state index contributed by atoms with van der Waals surface area (Å²) in [5.74, 6) is 0.495. The van der Waals surface area contributed by atoms with Gasteiger partial charge in [0.05, 0.1) is 9.89 Å². The van der Waals surface area contributed by atoms with E-state index in [2.05, 4.69) is 15.9 Å². The fraction of sp³-hybridized carbons (Fsp3) is 0.636. The molecular weight excluding hydrogens is 260 g/mol. The lowest BCUT2D eigenvalue weighted by Gasteiger charge is -2.25. The van der Waals surface area contributed by atoms with E-state index in [0.29, 0.717) is 5.92 Å². The number of thiophene rings is 1. The van der Waals surface area contributed by atoms with Gasteiger partial charge in [0.2, 0.25) is 0 Å². The summed E-state index contributed by atoms with van der Waals surface area (Å²) in [5.41, 5.74) is 0. The lowest BCUT2D eigenvalue weighted by molar-refractivity contribution is 0.0879. The maximum Gasteiger partial charge on any atom is 0.0910 e. The molecule has 0 spiro atoms. The summed E-state index contributed by atoms with van der Waals surface area (Å²) in [6, 6.07) is 4.06. The molecule has 2 rings (SSSR count). The Labute approximate surface area is 97.3 Å². The van der Waals surface area contributed by atoms with Gasteiger partial charge in [-0.2, -0.15) is 0 Å². The zero-order valence-electron chi connectivity index (χ0n) is 8.08. The van der Waals surface area contributed by atoms with Crippen molar-refractivity contribution in [3.8, 4) is 0 Å². The van der Waals surface area contributed by atoms with Gasteiger partial charge in [-0.15, -0.1) is 11.3 Å². The third kappa shape index (κ3) is 2.38. The molecule has 1 heterocycles. The molecular formula is C11H15BrOS. The predicted molar refractivity (Wildman–Crippen MR) is 63.6 cm³/mol. The number of hydrogen-bond acceptors (Lipinski definition) is 2. The molecule has 1 aromatic rings. The number of aliphatic hydroxyl groups is 1. The van der Waals surface area contributed by atoms with Crippen LogP contribution in [0.4, 0.5) is 0 Å². The van der Waals surface area contributed by atoms with Crippen LogP contribution >= 0.6 is 27.3 Å². The summed E-state index contributed by atoms with van der Waals surface area (Å²) in [6.07, 6.45) is 6.07. The Bertz CT molecular complexity index is 291. The van der Waals surface area contributed by atoms with Crippen LogP contribution in [0.3, 0.4) is 0 Å². The van der Waals surface area contributed by atoms with Crippen LogP contribution in [-0.2, 0) is 0 Å². The third-order valence-electron chi connectivity index (χ3n) is 2.98. The zero-order valence-corrected chi connectivity index (χ0v) is 10.5. The standard InChI is InChI=1S/C11H15BrOS/c12-10-7-6-9(14-10)11(13)8-4-2-1-3-5-8/h6-8,11,13H,1-5H2. The number of aliphatic hydroxyl groups excluding tert-OH is 1. The van der Waals surface area contributed by atoms with E-state index in [4.69, 9.17) is 0 Å². The summed E-state index contributed by atoms with van der Waals surface area (Å²) in [4.78, 5) is 1.11. The smallest absolute Gasteiger partial charge is 0.0910 e. The first-order valence-corrected chi connectivity index (χ1v) is 6.81. The van der Waals surface area contributed by atoms with Gasteiger partial charge >= 0.3 is 0 Å². The Balaban J connectivity index is 2.03. The minimum absolute atomic E-state index is 0.230. The number of halogens is 1. The monoisotopic (exact) mass is 274 g/mol. The Morgan fingerprint density at radius 3 is 2.57 bits per heavy atom. The molecule has 1 unspecified atom stereocenters. The van der Waals surface area contributed by atoms with E-state index >= 15 is 0 Å². The second-order valence-electron chi connectivity index (χ2n) is 3.98. The lowest BCUT2D eigenvalue weighted by atomic mass is 9.85. The predicted octanol–water partition coefficient (Wildman–Crippen LogP) is 4.12. The second-order valence-corrected chi connectivity index (χ2v) is 6.48. The maximum absolute atomic E-state index is 10.1. The molecule has 3 heteroatoms. The normalized spacial score (nSPS) is 21.0. The van der Waals surface area contributed by atoms with E-state index in [-0.39, 0.29) is 6.10 Å². The molecule has 1 nitrogen and oxygen atoms in total. The highest BCUT2D eigenvalue weighted by atomic mass is 79.9. The molecule has 1 N–H and O–H groups in total. The fourth-order valence-electron chi connectivity index (χ4n) is 2.17. The van der Waals surface area contributed by atoms with E-state index in [1.165, 1.54) is 32.1 Å². The quantitative estimate of drug-likeness (QED) is 0.860. The molecule has 78 valence electrons. The van der Waals surface area contributed by atoms with E-state index in [9.17, 15) is 5.11 Å². The molecule has 1 aromatic heterocycles. The van der Waals surface area contributed by atoms with Gasteiger partial charge in [0.1, 0.15) is 0 Å². The Kier molecular flexibility index (Phi) is 3.63. The summed E-state index contributed by atoms with van der Waals surface area (Å²) in [5, 5.41) is 10.1. The number of rotatable bonds is 2. The van der Waals surface area contributed by atoms with Crippen LogP contribution in [0.2, 0.25) is 0 Å². The first kappa shape index (κ1) is 10.7. The van der Waals surface area contributed by atoms with Gasteiger partial charge in [-0.25, -0.2) is 0 Å². The Hall–Kier alpha value is 0.140. The van der Waals surface area contributed by atoms with Crippen molar-refractivity contribution in [2.75, 3.05) is 0 Å². The topological polar surface area (TPSA) is 20.2 Å². The van der Waals surface area contributed by atoms with Crippen molar-refractivity contribution in [3.05, 3.63) is 20.8 Å². The van der Waals surface area contributed by atoms with Crippen molar-refractivity contribution in [1.29, 1.82) is 0 Å². The molecule has 0 aromatic carbocycles. The zero-order chi connectivity index (χ0) is 9.97. The highest BCUT2D eigenvalue weighted by Gasteiger charge is 2.23. The number of hydrogen-bond donors (Lipinski definition) is 1. The lowest BCUT2D eigenvalue weighted by Crippen LogP contribution is -2.14. The highest BCUT2D eigenvalue weighted by molar-refractivity contribution is 9.11. The van der Waals surface area contributed by atoms with Gasteiger partial charge in [0, 0.05) is 4.88 Å². The van der Waals surface area contributed by atoms with Gasteiger partial charge in [-0.3, -0.25) is 0 Å². The van der Waals surface area contributed by atoms with E-state index in [1.54, 1.807) is 11.3 Å². The van der Waals surface area contributed by atoms with E-state index in [1.807, 2.05) is 12.1 Å². The first-order chi connectivity index (χ1) is 6.77. The molecule has 0 saturated heterocycles. The molecule has 0 radical (unpaired) electrons. The van der Waals surface area contributed by atoms with Crippen LogP contribution in [-0.4, -0.2) is 5.11 Å². The van der Waals surface area contributed by atoms with Crippen LogP contribution in [0.5, 0.6) is 0 Å². The minimum Gasteiger partial charge on any atom is -0.387 e. The molecule has 1 aliphatic rings. The van der Waals surface area contributed by atoms with E-state index in [0.717, 1.165) is 8.66 Å². The van der Waals surface area contributed by atoms with Crippen molar-refractivity contribution in [2.24, 2.45) is 5.92 Å². The van der Waals surface area contributed by atoms with E-state index < -0.39 is 0 Å². The van der Waals surface area contributed by atoms with Crippen molar-refractivity contribution >= 4 is 27.3 Å². The largest absolute Gasteiger partial charge is 0.387 e.